The first-order valence-electron chi connectivity index (χ1n) is 7.08. The predicted octanol–water partition coefficient (Wildman–Crippen LogP) is 0.927. The molecule has 6 heteroatoms. The van der Waals surface area contributed by atoms with Crippen LogP contribution in [0.5, 0.6) is 0 Å². The van der Waals surface area contributed by atoms with Crippen LogP contribution in [0.25, 0.3) is 11.0 Å². The van der Waals surface area contributed by atoms with Crippen molar-refractivity contribution < 1.29 is 10.2 Å². The number of hydrogen-bond donors (Lipinski definition) is 3. The Labute approximate surface area is 123 Å². The molecule has 116 valence electrons. The van der Waals surface area contributed by atoms with E-state index >= 15 is 0 Å². The quantitative estimate of drug-likeness (QED) is 0.715. The second-order valence-corrected chi connectivity index (χ2v) is 6.20. The summed E-state index contributed by atoms with van der Waals surface area (Å²) >= 11 is 0. The number of imidazole rings is 1. The average molecular weight is 293 g/mol. The Morgan fingerprint density at radius 2 is 1.95 bits per heavy atom. The summed E-state index contributed by atoms with van der Waals surface area (Å²) in [6.45, 7) is 5.69. The molecule has 4 N–H and O–H groups in total. The maximum Gasteiger partial charge on any atom is 0.329 e. The number of rotatable bonds is 5. The number of nitrogen functional groups attached to an aromatic ring is 1. The zero-order chi connectivity index (χ0) is 15.8. The zero-order valence-electron chi connectivity index (χ0n) is 12.7. The molecule has 6 nitrogen and oxygen atoms in total. The zero-order valence-corrected chi connectivity index (χ0v) is 12.7. The van der Waals surface area contributed by atoms with Crippen LogP contribution in [0.3, 0.4) is 0 Å². The number of aryl methyl sites for hydroxylation is 1. The number of benzene rings is 1. The standard InChI is InChI=1S/C15H23N3O3/c1-10(19)9-18-12-5-4-11(16)8-13(12)17(14(18)20)7-6-15(2,3)21/h4-5,8,10,19,21H,6-7,9,16H2,1-3H3/t10-/m1/s1. The van der Waals surface area contributed by atoms with E-state index in [2.05, 4.69) is 0 Å². The minimum Gasteiger partial charge on any atom is -0.399 e. The number of aromatic nitrogens is 2. The fraction of sp³-hybridized carbons (Fsp3) is 0.533. The Kier molecular flexibility index (Phi) is 4.11. The summed E-state index contributed by atoms with van der Waals surface area (Å²) < 4.78 is 3.15. The molecular weight excluding hydrogens is 270 g/mol. The van der Waals surface area contributed by atoms with Crippen LogP contribution in [0, 0.1) is 0 Å². The van der Waals surface area contributed by atoms with E-state index in [1.807, 2.05) is 0 Å². The lowest BCUT2D eigenvalue weighted by atomic mass is 10.1. The van der Waals surface area contributed by atoms with Crippen LogP contribution in [0.1, 0.15) is 27.2 Å². The van der Waals surface area contributed by atoms with Gasteiger partial charge in [-0.1, -0.05) is 0 Å². The van der Waals surface area contributed by atoms with E-state index in [1.165, 1.54) is 0 Å². The van der Waals surface area contributed by atoms with Crippen molar-refractivity contribution in [1.29, 1.82) is 0 Å². The van der Waals surface area contributed by atoms with Gasteiger partial charge in [0.15, 0.2) is 0 Å². The number of aliphatic hydroxyl groups excluding tert-OH is 1. The lowest BCUT2D eigenvalue weighted by molar-refractivity contribution is 0.0661. The van der Waals surface area contributed by atoms with Gasteiger partial charge >= 0.3 is 5.69 Å². The van der Waals surface area contributed by atoms with Gasteiger partial charge in [0.25, 0.3) is 0 Å². The predicted molar refractivity (Wildman–Crippen MR) is 83.2 cm³/mol. The lowest BCUT2D eigenvalue weighted by Crippen LogP contribution is -2.30. The summed E-state index contributed by atoms with van der Waals surface area (Å²) in [6.07, 6.45) is -0.163. The van der Waals surface area contributed by atoms with Gasteiger partial charge < -0.3 is 15.9 Å². The van der Waals surface area contributed by atoms with Crippen molar-refractivity contribution in [3.05, 3.63) is 28.7 Å². The third-order valence-electron chi connectivity index (χ3n) is 3.44. The molecule has 1 aromatic heterocycles. The minimum absolute atomic E-state index is 0.194. The van der Waals surface area contributed by atoms with E-state index in [4.69, 9.17) is 5.73 Å². The van der Waals surface area contributed by atoms with Crippen LogP contribution in [-0.2, 0) is 13.1 Å². The van der Waals surface area contributed by atoms with E-state index < -0.39 is 11.7 Å². The normalized spacial score (nSPS) is 13.8. The molecule has 1 aromatic carbocycles. The van der Waals surface area contributed by atoms with E-state index in [1.54, 1.807) is 48.1 Å². The number of hydrogen-bond acceptors (Lipinski definition) is 4. The summed E-state index contributed by atoms with van der Waals surface area (Å²) in [5.74, 6) is 0. The topological polar surface area (TPSA) is 93.4 Å². The molecule has 0 amide bonds. The summed E-state index contributed by atoms with van der Waals surface area (Å²) in [5, 5.41) is 19.4. The molecule has 21 heavy (non-hydrogen) atoms. The van der Waals surface area contributed by atoms with Gasteiger partial charge in [-0.3, -0.25) is 9.13 Å². The molecule has 0 saturated carbocycles. The van der Waals surface area contributed by atoms with Gasteiger partial charge in [-0.25, -0.2) is 4.79 Å². The number of nitrogens with zero attached hydrogens (tertiary/aromatic N) is 2. The molecule has 0 spiro atoms. The summed E-state index contributed by atoms with van der Waals surface area (Å²) in [6, 6.07) is 5.27. The van der Waals surface area contributed by atoms with Crippen LogP contribution in [0.2, 0.25) is 0 Å². The van der Waals surface area contributed by atoms with E-state index in [9.17, 15) is 15.0 Å². The highest BCUT2D eigenvalue weighted by molar-refractivity contribution is 5.79. The molecule has 0 bridgehead atoms. The first-order chi connectivity index (χ1) is 9.69. The minimum atomic E-state index is -0.849. The van der Waals surface area contributed by atoms with Crippen LogP contribution >= 0.6 is 0 Å². The molecule has 0 unspecified atom stereocenters. The fourth-order valence-corrected chi connectivity index (χ4v) is 2.38. The third-order valence-corrected chi connectivity index (χ3v) is 3.44. The molecule has 1 heterocycles. The van der Waals surface area contributed by atoms with Gasteiger partial charge in [-0.15, -0.1) is 0 Å². The second-order valence-electron chi connectivity index (χ2n) is 6.20. The van der Waals surface area contributed by atoms with Crippen molar-refractivity contribution in [2.75, 3.05) is 5.73 Å². The Balaban J connectivity index is 2.55. The van der Waals surface area contributed by atoms with Crippen LogP contribution < -0.4 is 11.4 Å². The number of nitrogens with two attached hydrogens (primary N) is 1. The second kappa shape index (κ2) is 5.54. The molecule has 0 aliphatic heterocycles. The lowest BCUT2D eigenvalue weighted by Gasteiger charge is -2.16. The summed E-state index contributed by atoms with van der Waals surface area (Å²) in [7, 11) is 0. The van der Waals surface area contributed by atoms with Gasteiger partial charge in [0.1, 0.15) is 0 Å². The van der Waals surface area contributed by atoms with Crippen LogP contribution in [0.15, 0.2) is 23.0 Å². The van der Waals surface area contributed by atoms with Crippen molar-refractivity contribution in [3.63, 3.8) is 0 Å². The van der Waals surface area contributed by atoms with E-state index in [0.29, 0.717) is 18.7 Å². The van der Waals surface area contributed by atoms with Crippen LogP contribution in [-0.4, -0.2) is 31.1 Å². The van der Waals surface area contributed by atoms with Gasteiger partial charge in [-0.05, 0) is 45.4 Å². The molecule has 0 aliphatic carbocycles. The van der Waals surface area contributed by atoms with E-state index in [-0.39, 0.29) is 12.2 Å². The SMILES string of the molecule is C[C@@H](O)Cn1c(=O)n(CCC(C)(C)O)c2cc(N)ccc21. The van der Waals surface area contributed by atoms with Crippen molar-refractivity contribution >= 4 is 16.7 Å². The Morgan fingerprint density at radius 1 is 1.29 bits per heavy atom. The number of aliphatic hydroxyl groups is 2. The van der Waals surface area contributed by atoms with Crippen molar-refractivity contribution in [1.82, 2.24) is 9.13 Å². The molecule has 1 atom stereocenters. The average Bonchev–Trinajstić information content (AvgIpc) is 2.58. The molecule has 0 fully saturated rings. The maximum absolute atomic E-state index is 12.5. The third kappa shape index (κ3) is 3.46. The van der Waals surface area contributed by atoms with Crippen molar-refractivity contribution in [2.24, 2.45) is 0 Å². The largest absolute Gasteiger partial charge is 0.399 e. The smallest absolute Gasteiger partial charge is 0.329 e. The monoisotopic (exact) mass is 293 g/mol. The Hall–Kier alpha value is -1.79. The van der Waals surface area contributed by atoms with Gasteiger partial charge in [0, 0.05) is 12.2 Å². The van der Waals surface area contributed by atoms with Gasteiger partial charge in [0.2, 0.25) is 0 Å². The fourth-order valence-electron chi connectivity index (χ4n) is 2.38. The maximum atomic E-state index is 12.5. The van der Waals surface area contributed by atoms with Crippen LogP contribution in [0.4, 0.5) is 5.69 Å². The molecule has 0 aliphatic rings. The Bertz CT molecular complexity index is 692. The Morgan fingerprint density at radius 3 is 2.52 bits per heavy atom. The molecule has 0 saturated heterocycles. The highest BCUT2D eigenvalue weighted by atomic mass is 16.3. The highest BCUT2D eigenvalue weighted by Gasteiger charge is 2.18. The summed E-state index contributed by atoms with van der Waals surface area (Å²) in [4.78, 5) is 12.5. The van der Waals surface area contributed by atoms with Crippen molar-refractivity contribution in [3.8, 4) is 0 Å². The van der Waals surface area contributed by atoms with Gasteiger partial charge in [0.05, 0.1) is 29.3 Å². The number of fused-ring (bicyclic) bond motifs is 1. The van der Waals surface area contributed by atoms with Crippen molar-refractivity contribution in [2.45, 2.75) is 52.0 Å². The molecule has 2 rings (SSSR count). The first kappa shape index (κ1) is 15.6. The molecule has 2 aromatic rings. The summed E-state index contributed by atoms with van der Waals surface area (Å²) in [5.41, 5.74) is 6.82. The molecule has 0 radical (unpaired) electrons. The van der Waals surface area contributed by atoms with E-state index in [0.717, 1.165) is 11.0 Å². The molecular formula is C15H23N3O3. The van der Waals surface area contributed by atoms with Gasteiger partial charge in [-0.2, -0.15) is 0 Å². The first-order valence-corrected chi connectivity index (χ1v) is 7.08. The highest BCUT2D eigenvalue weighted by Crippen LogP contribution is 2.19. The number of anilines is 1.